The van der Waals surface area contributed by atoms with E-state index in [1.807, 2.05) is 0 Å². The molecule has 2 aromatic rings. The van der Waals surface area contributed by atoms with Gasteiger partial charge in [0.15, 0.2) is 12.4 Å². The summed E-state index contributed by atoms with van der Waals surface area (Å²) in [5, 5.41) is 3.65. The van der Waals surface area contributed by atoms with Crippen molar-refractivity contribution in [1.82, 2.24) is 20.0 Å². The van der Waals surface area contributed by atoms with Gasteiger partial charge in [-0.15, -0.1) is 13.2 Å². The smallest absolute Gasteiger partial charge is 0.422 e. The van der Waals surface area contributed by atoms with E-state index >= 15 is 0 Å². The Labute approximate surface area is 221 Å². The third-order valence-electron chi connectivity index (χ3n) is 5.85. The highest BCUT2D eigenvalue weighted by Gasteiger charge is 2.29. The molecule has 2 aliphatic rings. The number of alkyl halides is 3. The highest BCUT2D eigenvalue weighted by molar-refractivity contribution is 7.13. The Morgan fingerprint density at radius 1 is 1.16 bits per heavy atom. The summed E-state index contributed by atoms with van der Waals surface area (Å²) in [6.45, 7) is 9.48. The normalized spacial score (nSPS) is 15.9. The first kappa shape index (κ1) is 32.7. The Kier molecular flexibility index (Phi) is 15.9. The molecule has 1 fully saturated rings. The number of fused-ring (bicyclic) bond motifs is 1. The molecule has 3 heterocycles. The van der Waals surface area contributed by atoms with E-state index in [-0.39, 0.29) is 11.6 Å². The molecule has 0 unspecified atom stereocenters. The molecule has 0 bridgehead atoms. The van der Waals surface area contributed by atoms with Gasteiger partial charge in [-0.3, -0.25) is 0 Å². The topological polar surface area (TPSA) is 107 Å². The number of hydrogen-bond acceptors (Lipinski definition) is 9. The van der Waals surface area contributed by atoms with Crippen LogP contribution in [0.5, 0.6) is 5.19 Å². The predicted octanol–water partition coefficient (Wildman–Crippen LogP) is 4.95. The number of thiazole rings is 1. The molecule has 1 saturated carbocycles. The van der Waals surface area contributed by atoms with Crippen molar-refractivity contribution in [3.05, 3.63) is 35.4 Å². The van der Waals surface area contributed by atoms with Crippen LogP contribution in [0.1, 0.15) is 60.8 Å². The molecular weight excluding hydrogens is 507 g/mol. The number of halogens is 3. The van der Waals surface area contributed by atoms with Crippen LogP contribution in [-0.2, 0) is 24.1 Å². The Hall–Kier alpha value is -2.31. The average molecular weight is 548 g/mol. The van der Waals surface area contributed by atoms with Gasteiger partial charge in [0.05, 0.1) is 12.1 Å². The summed E-state index contributed by atoms with van der Waals surface area (Å²) < 4.78 is 46.1. The van der Waals surface area contributed by atoms with Crippen LogP contribution in [0.2, 0.25) is 0 Å². The lowest BCUT2D eigenvalue weighted by Crippen LogP contribution is -2.29. The fraction of sp³-hybridized carbons (Fsp3) is 0.680. The van der Waals surface area contributed by atoms with Crippen LogP contribution in [0, 0.1) is 12.8 Å². The number of carbonyl (C=O) groups is 1. The van der Waals surface area contributed by atoms with Crippen LogP contribution >= 0.6 is 11.3 Å². The Balaban J connectivity index is 0.000000440. The lowest BCUT2D eigenvalue weighted by atomic mass is 9.87. The van der Waals surface area contributed by atoms with E-state index in [0.29, 0.717) is 11.7 Å². The van der Waals surface area contributed by atoms with Crippen molar-refractivity contribution in [3.8, 4) is 5.19 Å². The van der Waals surface area contributed by atoms with Crippen molar-refractivity contribution in [3.63, 3.8) is 0 Å². The van der Waals surface area contributed by atoms with Crippen LogP contribution in [0.4, 0.5) is 13.2 Å². The molecular formula is C25H40F3N5O3S. The molecule has 8 nitrogen and oxygen atoms in total. The highest BCUT2D eigenvalue weighted by Crippen LogP contribution is 2.30. The number of aldehydes is 1. The van der Waals surface area contributed by atoms with Crippen molar-refractivity contribution >= 4 is 17.6 Å². The molecule has 0 saturated heterocycles. The Morgan fingerprint density at radius 2 is 1.84 bits per heavy atom. The highest BCUT2D eigenvalue weighted by atomic mass is 32.1. The van der Waals surface area contributed by atoms with Gasteiger partial charge >= 0.3 is 6.18 Å². The summed E-state index contributed by atoms with van der Waals surface area (Å²) in [4.78, 5) is 21.5. The minimum atomic E-state index is -4.31. The van der Waals surface area contributed by atoms with Crippen molar-refractivity contribution < 1.29 is 27.2 Å². The summed E-state index contributed by atoms with van der Waals surface area (Å²) in [7, 11) is 1.50. The van der Waals surface area contributed by atoms with Crippen molar-refractivity contribution in [1.29, 1.82) is 0 Å². The Morgan fingerprint density at radius 3 is 2.43 bits per heavy atom. The van der Waals surface area contributed by atoms with Crippen LogP contribution in [0.25, 0.3) is 0 Å². The zero-order chi connectivity index (χ0) is 27.7. The minimum absolute atomic E-state index is 0.160. The van der Waals surface area contributed by atoms with Crippen LogP contribution in [0.15, 0.2) is 17.7 Å². The summed E-state index contributed by atoms with van der Waals surface area (Å²) in [6.07, 6.45) is 6.54. The number of nitrogens with two attached hydrogens (primary N) is 1. The molecule has 0 amide bonds. The van der Waals surface area contributed by atoms with E-state index in [4.69, 9.17) is 4.74 Å². The van der Waals surface area contributed by atoms with Crippen molar-refractivity contribution in [2.45, 2.75) is 70.9 Å². The first-order valence-corrected chi connectivity index (χ1v) is 13.3. The third kappa shape index (κ3) is 13.2. The quantitative estimate of drug-likeness (QED) is 0.383. The lowest BCUT2D eigenvalue weighted by molar-refractivity contribution is -0.153. The van der Waals surface area contributed by atoms with Gasteiger partial charge in [0.2, 0.25) is 5.89 Å². The molecule has 1 aliphatic heterocycles. The second-order valence-corrected chi connectivity index (χ2v) is 9.53. The maximum absolute atomic E-state index is 12.2. The number of nitrogens with zero attached hydrogens (tertiary/aromatic N) is 4. The van der Waals surface area contributed by atoms with Gasteiger partial charge in [0, 0.05) is 31.3 Å². The van der Waals surface area contributed by atoms with E-state index in [0.717, 1.165) is 55.3 Å². The van der Waals surface area contributed by atoms with E-state index in [1.54, 1.807) is 6.92 Å². The molecule has 0 radical (unpaired) electrons. The number of hydrogen-bond donors (Lipinski definition) is 1. The molecule has 2 N–H and O–H groups in total. The number of aryl methyl sites for hydroxylation is 1. The molecule has 37 heavy (non-hydrogen) atoms. The summed E-state index contributed by atoms with van der Waals surface area (Å²) in [5.74, 6) is 1.82. The maximum Gasteiger partial charge on any atom is 0.422 e. The van der Waals surface area contributed by atoms with Crippen LogP contribution in [0.3, 0.4) is 0 Å². The van der Waals surface area contributed by atoms with Gasteiger partial charge < -0.3 is 24.7 Å². The molecule has 210 valence electrons. The van der Waals surface area contributed by atoms with E-state index < -0.39 is 12.8 Å². The largest absolute Gasteiger partial charge is 0.460 e. The number of rotatable bonds is 7. The van der Waals surface area contributed by atoms with Gasteiger partial charge in [-0.1, -0.05) is 48.6 Å². The van der Waals surface area contributed by atoms with E-state index in [9.17, 15) is 18.0 Å². The van der Waals surface area contributed by atoms with Gasteiger partial charge in [0.1, 0.15) is 6.29 Å². The fourth-order valence-corrected chi connectivity index (χ4v) is 5.10. The van der Waals surface area contributed by atoms with Gasteiger partial charge in [-0.25, -0.2) is 4.98 Å². The zero-order valence-electron chi connectivity index (χ0n) is 21.9. The fourth-order valence-electron chi connectivity index (χ4n) is 4.15. The number of aromatic nitrogens is 3. The van der Waals surface area contributed by atoms with Gasteiger partial charge in [0.25, 0.3) is 5.19 Å². The van der Waals surface area contributed by atoms with Crippen molar-refractivity contribution in [2.75, 3.05) is 33.3 Å². The first-order chi connectivity index (χ1) is 17.8. The van der Waals surface area contributed by atoms with Gasteiger partial charge in [-0.05, 0) is 32.4 Å². The maximum atomic E-state index is 12.2. The van der Waals surface area contributed by atoms with Crippen LogP contribution < -0.4 is 10.5 Å². The summed E-state index contributed by atoms with van der Waals surface area (Å²) in [6, 6.07) is 0. The second kappa shape index (κ2) is 18.0. The van der Waals surface area contributed by atoms with Crippen molar-refractivity contribution in [2.24, 2.45) is 11.7 Å². The standard InChI is InChI=1S/C17H25F3N2OS.C5H6N2O2.C2H4.CH5N/c18-17(19,20)12-23-16-21-14-7-10-22(11-8-15(14)24-16)9-6-13-4-2-1-3-5-13;1-4-6-5(2-3-8)7-9-4;2*1-2/h13H,1-12H2;3H,2H2,1H3;1-2H2;2H2,1H3. The molecule has 0 aromatic carbocycles. The molecule has 4 rings (SSSR count). The summed E-state index contributed by atoms with van der Waals surface area (Å²) >= 11 is 1.28. The number of carbonyl (C=O) groups excluding carboxylic acids is 1. The molecule has 1 aliphatic carbocycles. The molecule has 0 atom stereocenters. The average Bonchev–Trinajstić information content (AvgIpc) is 3.45. The predicted molar refractivity (Wildman–Crippen MR) is 139 cm³/mol. The minimum Gasteiger partial charge on any atom is -0.460 e. The van der Waals surface area contributed by atoms with E-state index in [2.05, 4.69) is 43.4 Å². The van der Waals surface area contributed by atoms with E-state index in [1.165, 1.54) is 56.9 Å². The van der Waals surface area contributed by atoms with Gasteiger partial charge in [-0.2, -0.15) is 18.2 Å². The summed E-state index contributed by atoms with van der Waals surface area (Å²) in [5.41, 5.74) is 5.43. The monoisotopic (exact) mass is 547 g/mol. The van der Waals surface area contributed by atoms with Crippen LogP contribution in [-0.4, -0.2) is 65.8 Å². The third-order valence-corrected chi connectivity index (χ3v) is 6.92. The first-order valence-electron chi connectivity index (χ1n) is 12.5. The molecule has 0 spiro atoms. The molecule has 2 aromatic heterocycles. The Bertz CT molecular complexity index is 860. The molecule has 12 heteroatoms. The number of ether oxygens (including phenoxy) is 1. The SMILES string of the molecule is C=C.CN.Cc1nc(CC=O)no1.FC(F)(F)COc1nc2c(s1)CCN(CCC1CCCCC1)CC2. The lowest BCUT2D eigenvalue weighted by Gasteiger charge is -2.26. The zero-order valence-corrected chi connectivity index (χ0v) is 22.7. The second-order valence-electron chi connectivity index (χ2n) is 8.49.